The van der Waals surface area contributed by atoms with Gasteiger partial charge in [0.2, 0.25) is 5.95 Å². The first kappa shape index (κ1) is 34.2. The molecule has 0 saturated heterocycles. The van der Waals surface area contributed by atoms with Crippen LogP contribution >= 0.6 is 0 Å². The van der Waals surface area contributed by atoms with E-state index in [-0.39, 0.29) is 0 Å². The number of aliphatic imine (C=N–C) groups is 1. The molecule has 0 radical (unpaired) electrons. The van der Waals surface area contributed by atoms with Crippen molar-refractivity contribution in [3.63, 3.8) is 0 Å². The number of fused-ring (bicyclic) bond motifs is 7. The van der Waals surface area contributed by atoms with Crippen molar-refractivity contribution in [3.05, 3.63) is 194 Å². The lowest BCUT2D eigenvalue weighted by molar-refractivity contribution is 0.965. The van der Waals surface area contributed by atoms with Crippen molar-refractivity contribution in [3.8, 4) is 62.1 Å². The molecular formula is C52H35N7. The van der Waals surface area contributed by atoms with E-state index in [1.54, 1.807) is 0 Å². The lowest BCUT2D eigenvalue weighted by Gasteiger charge is -2.34. The molecule has 7 heteroatoms. The van der Waals surface area contributed by atoms with E-state index < -0.39 is 0 Å². The fourth-order valence-corrected chi connectivity index (χ4v) is 8.48. The molecule has 0 atom stereocenters. The number of hydrogen-bond acceptors (Lipinski definition) is 6. The molecule has 11 rings (SSSR count). The minimum absolute atomic E-state index is 0.585. The summed E-state index contributed by atoms with van der Waals surface area (Å²) in [5, 5.41) is 2.24. The highest BCUT2D eigenvalue weighted by Gasteiger charge is 2.29. The van der Waals surface area contributed by atoms with E-state index in [0.717, 1.165) is 89.5 Å². The number of para-hydroxylation sites is 3. The molecule has 0 N–H and O–H groups in total. The number of anilines is 2. The molecule has 0 amide bonds. The molecule has 10 aromatic rings. The summed E-state index contributed by atoms with van der Waals surface area (Å²) < 4.78 is 2.22. The second-order valence-corrected chi connectivity index (χ2v) is 14.6. The fraction of sp³-hybridized carbons (Fsp3) is 0.0192. The van der Waals surface area contributed by atoms with Crippen LogP contribution in [0.2, 0.25) is 0 Å². The Hall–Kier alpha value is -8.03. The van der Waals surface area contributed by atoms with Gasteiger partial charge in [0.05, 0.1) is 50.9 Å². The normalized spacial score (nSPS) is 12.0. The second kappa shape index (κ2) is 14.2. The Morgan fingerprint density at radius 3 is 1.71 bits per heavy atom. The Morgan fingerprint density at radius 2 is 1.07 bits per heavy atom. The summed E-state index contributed by atoms with van der Waals surface area (Å²) in [6.07, 6.45) is 3.64. The highest BCUT2D eigenvalue weighted by atomic mass is 15.2. The lowest BCUT2D eigenvalue weighted by Crippen LogP contribution is -2.22. The molecule has 0 unspecified atom stereocenters. The molecule has 1 aliphatic heterocycles. The molecule has 0 spiro atoms. The summed E-state index contributed by atoms with van der Waals surface area (Å²) >= 11 is 0. The predicted molar refractivity (Wildman–Crippen MR) is 241 cm³/mol. The minimum Gasteiger partial charge on any atom is -0.334 e. The Labute approximate surface area is 341 Å². The maximum Gasteiger partial charge on any atom is 0.235 e. The van der Waals surface area contributed by atoms with Gasteiger partial charge in [-0.2, -0.15) is 0 Å². The highest BCUT2D eigenvalue weighted by molar-refractivity contribution is 6.19. The van der Waals surface area contributed by atoms with Crippen LogP contribution in [0, 0.1) is 0 Å². The Kier molecular flexibility index (Phi) is 8.22. The van der Waals surface area contributed by atoms with Crippen molar-refractivity contribution in [2.75, 3.05) is 4.90 Å². The van der Waals surface area contributed by atoms with Crippen molar-refractivity contribution < 1.29 is 0 Å². The minimum atomic E-state index is 0.585. The van der Waals surface area contributed by atoms with E-state index in [0.29, 0.717) is 12.5 Å². The van der Waals surface area contributed by atoms with Crippen LogP contribution in [0.3, 0.4) is 0 Å². The van der Waals surface area contributed by atoms with E-state index >= 15 is 0 Å². The zero-order valence-electron chi connectivity index (χ0n) is 31.9. The van der Waals surface area contributed by atoms with Crippen LogP contribution in [-0.2, 0) is 6.54 Å². The third kappa shape index (κ3) is 5.87. The average molecular weight is 758 g/mol. The number of aromatic nitrogens is 5. The quantitative estimate of drug-likeness (QED) is 0.151. The summed E-state index contributed by atoms with van der Waals surface area (Å²) in [6, 6.07) is 60.9. The van der Waals surface area contributed by atoms with E-state index in [2.05, 4.69) is 159 Å². The molecule has 0 aliphatic carbocycles. The SMILES string of the molecule is C=Nc1ccccc1N1Cc2ccccc2-c2ccc3c(c21)c1ccccc1n3-c1nc(-c2ccc(-c3ccccn3)cc2)cc(-c2ccc(-c3ccccn3)cc2)n1. The largest absolute Gasteiger partial charge is 0.334 e. The molecule has 7 nitrogen and oxygen atoms in total. The number of hydrogen-bond donors (Lipinski definition) is 0. The highest BCUT2D eigenvalue weighted by Crippen LogP contribution is 2.51. The van der Waals surface area contributed by atoms with E-state index in [9.17, 15) is 0 Å². The van der Waals surface area contributed by atoms with Gasteiger partial charge in [-0.25, -0.2) is 9.97 Å². The monoisotopic (exact) mass is 757 g/mol. The maximum atomic E-state index is 5.38. The first-order valence-electron chi connectivity index (χ1n) is 19.6. The van der Waals surface area contributed by atoms with Crippen LogP contribution < -0.4 is 4.90 Å². The summed E-state index contributed by atoms with van der Waals surface area (Å²) in [5.41, 5.74) is 16.2. The van der Waals surface area contributed by atoms with Crippen molar-refractivity contribution >= 4 is 45.6 Å². The summed E-state index contributed by atoms with van der Waals surface area (Å²) in [6.45, 7) is 4.63. The van der Waals surface area contributed by atoms with Gasteiger partial charge < -0.3 is 4.90 Å². The van der Waals surface area contributed by atoms with Crippen LogP contribution in [0.5, 0.6) is 0 Å². The molecule has 4 aromatic heterocycles. The Morgan fingerprint density at radius 1 is 0.492 bits per heavy atom. The lowest BCUT2D eigenvalue weighted by atomic mass is 9.90. The van der Waals surface area contributed by atoms with Gasteiger partial charge in [-0.3, -0.25) is 19.5 Å². The Bertz CT molecular complexity index is 3090. The third-order valence-corrected chi connectivity index (χ3v) is 11.3. The number of pyridine rings is 2. The third-order valence-electron chi connectivity index (χ3n) is 11.3. The Balaban J connectivity index is 1.15. The number of nitrogens with zero attached hydrogens (tertiary/aromatic N) is 7. The van der Waals surface area contributed by atoms with Crippen LogP contribution in [0.15, 0.2) is 193 Å². The topological polar surface area (TPSA) is 72.1 Å². The number of benzene rings is 6. The van der Waals surface area contributed by atoms with Gasteiger partial charge >= 0.3 is 0 Å². The van der Waals surface area contributed by atoms with E-state index in [1.165, 1.54) is 11.1 Å². The zero-order valence-corrected chi connectivity index (χ0v) is 31.9. The maximum absolute atomic E-state index is 5.38. The first-order chi connectivity index (χ1) is 29.2. The molecule has 278 valence electrons. The standard InChI is InChI=1S/C52H35N7/c1-53-44-17-5-7-19-48(44)58-33-38-12-2-3-13-39(38)40-28-29-49-50(51(40)58)41-14-4-6-18-47(41)59(49)52-56-45(36-24-20-34(21-25-36)42-15-8-10-30-54-42)32-46(57-52)37-26-22-35(23-27-37)43-16-9-11-31-55-43/h2-32H,1,33H2. The van der Waals surface area contributed by atoms with Gasteiger partial charge in [0.25, 0.3) is 0 Å². The van der Waals surface area contributed by atoms with Crippen molar-refractivity contribution in [1.29, 1.82) is 0 Å². The van der Waals surface area contributed by atoms with Crippen molar-refractivity contribution in [2.45, 2.75) is 6.54 Å². The summed E-state index contributed by atoms with van der Waals surface area (Å²) in [5.74, 6) is 0.585. The molecule has 5 heterocycles. The predicted octanol–water partition coefficient (Wildman–Crippen LogP) is 12.7. The van der Waals surface area contributed by atoms with Gasteiger partial charge in [0, 0.05) is 57.5 Å². The number of rotatable bonds is 7. The average Bonchev–Trinajstić information content (AvgIpc) is 3.66. The fourth-order valence-electron chi connectivity index (χ4n) is 8.48. The molecule has 59 heavy (non-hydrogen) atoms. The van der Waals surface area contributed by atoms with Crippen molar-refractivity contribution in [1.82, 2.24) is 24.5 Å². The van der Waals surface area contributed by atoms with Gasteiger partial charge in [0.15, 0.2) is 0 Å². The molecule has 6 aromatic carbocycles. The molecule has 0 bridgehead atoms. The van der Waals surface area contributed by atoms with Gasteiger partial charge in [-0.1, -0.05) is 121 Å². The van der Waals surface area contributed by atoms with Gasteiger partial charge in [-0.15, -0.1) is 0 Å². The van der Waals surface area contributed by atoms with Crippen LogP contribution in [-0.4, -0.2) is 31.2 Å². The van der Waals surface area contributed by atoms with Crippen LogP contribution in [0.25, 0.3) is 83.9 Å². The molecule has 1 aliphatic rings. The smallest absolute Gasteiger partial charge is 0.235 e. The van der Waals surface area contributed by atoms with Gasteiger partial charge in [0.1, 0.15) is 0 Å². The molecule has 0 fully saturated rings. The van der Waals surface area contributed by atoms with Crippen LogP contribution in [0.4, 0.5) is 17.1 Å². The summed E-state index contributed by atoms with van der Waals surface area (Å²) in [7, 11) is 0. The van der Waals surface area contributed by atoms with Gasteiger partial charge in [-0.05, 0) is 72.4 Å². The molecular weight excluding hydrogens is 723 g/mol. The van der Waals surface area contributed by atoms with Crippen molar-refractivity contribution in [2.24, 2.45) is 4.99 Å². The first-order valence-corrected chi connectivity index (χ1v) is 19.6. The second-order valence-electron chi connectivity index (χ2n) is 14.6. The van der Waals surface area contributed by atoms with E-state index in [1.807, 2.05) is 60.9 Å². The zero-order chi connectivity index (χ0) is 39.3. The van der Waals surface area contributed by atoms with Crippen LogP contribution in [0.1, 0.15) is 5.56 Å². The van der Waals surface area contributed by atoms with E-state index in [4.69, 9.17) is 9.97 Å². The molecule has 0 saturated carbocycles. The summed E-state index contributed by atoms with van der Waals surface area (Å²) in [4.78, 5) is 26.8.